The zero-order valence-electron chi connectivity index (χ0n) is 20.4. The minimum Gasteiger partial charge on any atom is -0.493 e. The van der Waals surface area contributed by atoms with Crippen LogP contribution in [-0.4, -0.2) is 48.7 Å². The highest BCUT2D eigenvalue weighted by Gasteiger charge is 2.28. The van der Waals surface area contributed by atoms with Crippen molar-refractivity contribution in [2.75, 3.05) is 13.7 Å². The van der Waals surface area contributed by atoms with Crippen molar-refractivity contribution in [2.45, 2.75) is 52.9 Å². The van der Waals surface area contributed by atoms with E-state index in [1.54, 1.807) is 6.92 Å². The van der Waals surface area contributed by atoms with Gasteiger partial charge >= 0.3 is 11.9 Å². The molecule has 2 aromatic rings. The summed E-state index contributed by atoms with van der Waals surface area (Å²) < 4.78 is 21.9. The van der Waals surface area contributed by atoms with E-state index in [1.807, 2.05) is 44.2 Å². The van der Waals surface area contributed by atoms with E-state index in [2.05, 4.69) is 10.3 Å². The quantitative estimate of drug-likeness (QED) is 0.495. The number of aromatic nitrogens is 1. The third-order valence-electron chi connectivity index (χ3n) is 4.72. The van der Waals surface area contributed by atoms with Crippen LogP contribution in [0.1, 0.15) is 56.8 Å². The molecule has 0 unspecified atom stereocenters. The van der Waals surface area contributed by atoms with Crippen LogP contribution in [0.15, 0.2) is 42.6 Å². The van der Waals surface area contributed by atoms with Crippen LogP contribution in [0.4, 0.5) is 0 Å². The number of amides is 1. The minimum atomic E-state index is -1.00. The number of nitrogens with zero attached hydrogens (tertiary/aromatic N) is 1. The molecule has 0 spiro atoms. The van der Waals surface area contributed by atoms with E-state index >= 15 is 0 Å². The molecule has 0 radical (unpaired) electrons. The van der Waals surface area contributed by atoms with Gasteiger partial charge in [-0.05, 0) is 25.3 Å². The first-order valence-electron chi connectivity index (χ1n) is 11.0. The van der Waals surface area contributed by atoms with Gasteiger partial charge in [-0.1, -0.05) is 44.2 Å². The zero-order chi connectivity index (χ0) is 25.3. The van der Waals surface area contributed by atoms with Gasteiger partial charge in [-0.25, -0.2) is 9.78 Å². The number of carbonyl (C=O) groups is 3. The van der Waals surface area contributed by atoms with Crippen LogP contribution in [0.2, 0.25) is 0 Å². The van der Waals surface area contributed by atoms with Gasteiger partial charge in [-0.3, -0.25) is 9.59 Å². The number of hydrogen-bond acceptors (Lipinski definition) is 8. The van der Waals surface area contributed by atoms with Gasteiger partial charge in [0.05, 0.1) is 7.11 Å². The lowest BCUT2D eigenvalue weighted by molar-refractivity contribution is -0.159. The molecule has 1 amide bonds. The highest BCUT2D eigenvalue weighted by atomic mass is 16.6. The second-order valence-corrected chi connectivity index (χ2v) is 8.18. The van der Waals surface area contributed by atoms with E-state index in [-0.39, 0.29) is 17.2 Å². The van der Waals surface area contributed by atoms with Gasteiger partial charge in [-0.2, -0.15) is 0 Å². The summed E-state index contributed by atoms with van der Waals surface area (Å²) in [5, 5.41) is 2.53. The molecular weight excluding hydrogens is 440 g/mol. The van der Waals surface area contributed by atoms with Gasteiger partial charge in [0.15, 0.2) is 11.4 Å². The van der Waals surface area contributed by atoms with Gasteiger partial charge in [-0.15, -0.1) is 0 Å². The van der Waals surface area contributed by atoms with Crippen LogP contribution in [-0.2, 0) is 19.1 Å². The van der Waals surface area contributed by atoms with Crippen molar-refractivity contribution in [1.82, 2.24) is 10.3 Å². The Balaban J connectivity index is 2.11. The molecule has 34 heavy (non-hydrogen) atoms. The first kappa shape index (κ1) is 26.8. The molecule has 1 aromatic heterocycles. The average Bonchev–Trinajstić information content (AvgIpc) is 2.79. The standard InChI is InChI=1S/C25H32N2O7/c1-15(2)14-32-22(19-10-8-7-9-11-19)17(4)33-25(30)16(3)27-24(29)21-23(34-18(5)28)20(31-6)12-13-26-21/h7-13,15-17,22H,14H2,1-6H3,(H,27,29)/t16-,17-,22-/m0/s1. The second-order valence-electron chi connectivity index (χ2n) is 8.18. The smallest absolute Gasteiger partial charge is 0.328 e. The van der Waals surface area contributed by atoms with Crippen LogP contribution >= 0.6 is 0 Å². The Morgan fingerprint density at radius 1 is 1.03 bits per heavy atom. The lowest BCUT2D eigenvalue weighted by Gasteiger charge is -2.27. The maximum absolute atomic E-state index is 12.8. The van der Waals surface area contributed by atoms with Crippen molar-refractivity contribution in [3.63, 3.8) is 0 Å². The van der Waals surface area contributed by atoms with E-state index in [4.69, 9.17) is 18.9 Å². The Bertz CT molecular complexity index is 978. The molecule has 184 valence electrons. The number of pyridine rings is 1. The summed E-state index contributed by atoms with van der Waals surface area (Å²) in [6.07, 6.45) is 0.258. The van der Waals surface area contributed by atoms with Gasteiger partial charge in [0.2, 0.25) is 5.75 Å². The Labute approximate surface area is 199 Å². The Morgan fingerprint density at radius 2 is 1.71 bits per heavy atom. The largest absolute Gasteiger partial charge is 0.493 e. The fraction of sp³-hybridized carbons (Fsp3) is 0.440. The summed E-state index contributed by atoms with van der Waals surface area (Å²) in [5.41, 5.74) is 0.691. The van der Waals surface area contributed by atoms with Gasteiger partial charge in [0.25, 0.3) is 5.91 Å². The summed E-state index contributed by atoms with van der Waals surface area (Å²) in [6.45, 7) is 8.99. The number of esters is 2. The first-order valence-corrected chi connectivity index (χ1v) is 11.0. The molecule has 2 rings (SSSR count). The van der Waals surface area contributed by atoms with Gasteiger partial charge in [0.1, 0.15) is 18.2 Å². The molecule has 9 heteroatoms. The summed E-state index contributed by atoms with van der Waals surface area (Å²) in [6, 6.07) is 9.94. The van der Waals surface area contributed by atoms with Crippen molar-refractivity contribution < 1.29 is 33.3 Å². The van der Waals surface area contributed by atoms with E-state index in [0.29, 0.717) is 12.5 Å². The van der Waals surface area contributed by atoms with Crippen molar-refractivity contribution in [1.29, 1.82) is 0 Å². The van der Waals surface area contributed by atoms with Gasteiger partial charge < -0.3 is 24.3 Å². The van der Waals surface area contributed by atoms with E-state index in [1.165, 1.54) is 33.2 Å². The maximum Gasteiger partial charge on any atom is 0.328 e. The lowest BCUT2D eigenvalue weighted by Crippen LogP contribution is -2.42. The van der Waals surface area contributed by atoms with E-state index in [0.717, 1.165) is 5.56 Å². The highest BCUT2D eigenvalue weighted by Crippen LogP contribution is 2.30. The number of methoxy groups -OCH3 is 1. The Morgan fingerprint density at radius 3 is 2.29 bits per heavy atom. The molecular formula is C25H32N2O7. The molecule has 0 aliphatic heterocycles. The van der Waals surface area contributed by atoms with Crippen LogP contribution in [0, 0.1) is 5.92 Å². The average molecular weight is 473 g/mol. The second kappa shape index (κ2) is 12.7. The van der Waals surface area contributed by atoms with Gasteiger partial charge in [0, 0.05) is 25.8 Å². The predicted octanol–water partition coefficient (Wildman–Crippen LogP) is 3.48. The number of carbonyl (C=O) groups excluding carboxylic acids is 3. The van der Waals surface area contributed by atoms with Crippen molar-refractivity contribution in [2.24, 2.45) is 5.92 Å². The first-order chi connectivity index (χ1) is 16.1. The van der Waals surface area contributed by atoms with E-state index in [9.17, 15) is 14.4 Å². The van der Waals surface area contributed by atoms with Crippen LogP contribution < -0.4 is 14.8 Å². The highest BCUT2D eigenvalue weighted by molar-refractivity contribution is 5.98. The third kappa shape index (κ3) is 7.55. The molecule has 0 saturated carbocycles. The summed E-state index contributed by atoms with van der Waals surface area (Å²) in [7, 11) is 1.37. The van der Waals surface area contributed by atoms with Crippen molar-refractivity contribution in [3.8, 4) is 11.5 Å². The maximum atomic E-state index is 12.8. The predicted molar refractivity (Wildman–Crippen MR) is 125 cm³/mol. The Kier molecular flexibility index (Phi) is 10.0. The molecule has 1 heterocycles. The summed E-state index contributed by atoms with van der Waals surface area (Å²) in [4.78, 5) is 41.0. The third-order valence-corrected chi connectivity index (χ3v) is 4.72. The number of rotatable bonds is 11. The minimum absolute atomic E-state index is 0.129. The monoisotopic (exact) mass is 472 g/mol. The number of benzene rings is 1. The summed E-state index contributed by atoms with van der Waals surface area (Å²) in [5.74, 6) is -1.68. The zero-order valence-corrected chi connectivity index (χ0v) is 20.4. The number of nitrogens with one attached hydrogen (secondary N) is 1. The number of ether oxygens (including phenoxy) is 4. The molecule has 1 N–H and O–H groups in total. The molecule has 3 atom stereocenters. The number of hydrogen-bond donors (Lipinski definition) is 1. The normalized spacial score (nSPS) is 13.5. The molecule has 1 aromatic carbocycles. The Hall–Kier alpha value is -3.46. The molecule has 9 nitrogen and oxygen atoms in total. The fourth-order valence-electron chi connectivity index (χ4n) is 3.11. The van der Waals surface area contributed by atoms with Crippen LogP contribution in [0.3, 0.4) is 0 Å². The van der Waals surface area contributed by atoms with Crippen molar-refractivity contribution >= 4 is 17.8 Å². The molecule has 0 aliphatic carbocycles. The molecule has 0 saturated heterocycles. The van der Waals surface area contributed by atoms with Crippen LogP contribution in [0.5, 0.6) is 11.5 Å². The van der Waals surface area contributed by atoms with Crippen molar-refractivity contribution in [3.05, 3.63) is 53.9 Å². The lowest BCUT2D eigenvalue weighted by atomic mass is 10.0. The molecule has 0 fully saturated rings. The fourth-order valence-corrected chi connectivity index (χ4v) is 3.11. The molecule has 0 bridgehead atoms. The van der Waals surface area contributed by atoms with E-state index < -0.39 is 36.1 Å². The molecule has 0 aliphatic rings. The topological polar surface area (TPSA) is 113 Å². The SMILES string of the molecule is COc1ccnc(C(=O)N[C@@H](C)C(=O)O[C@@H](C)[C@H](OCC(C)C)c2ccccc2)c1OC(C)=O. The summed E-state index contributed by atoms with van der Waals surface area (Å²) >= 11 is 0. The van der Waals surface area contributed by atoms with Crippen LogP contribution in [0.25, 0.3) is 0 Å².